The predicted molar refractivity (Wildman–Crippen MR) is 53.9 cm³/mol. The van der Waals surface area contributed by atoms with Crippen molar-refractivity contribution in [2.24, 2.45) is 0 Å². The predicted octanol–water partition coefficient (Wildman–Crippen LogP) is 3.26. The Morgan fingerprint density at radius 3 is 2.67 bits per heavy atom. The maximum atomic E-state index is 11.8. The van der Waals surface area contributed by atoms with Gasteiger partial charge in [0.05, 0.1) is 10.9 Å². The molecule has 0 amide bonds. The SMILES string of the molecule is FC(F)(F)CCNc1ncnc(Cl)c1Br. The zero-order valence-electron chi connectivity index (χ0n) is 7.28. The van der Waals surface area contributed by atoms with Crippen LogP contribution in [-0.2, 0) is 0 Å². The fraction of sp³-hybridized carbons (Fsp3) is 0.429. The average molecular weight is 304 g/mol. The van der Waals surface area contributed by atoms with Crippen LogP contribution < -0.4 is 5.32 Å². The minimum atomic E-state index is -4.18. The van der Waals surface area contributed by atoms with E-state index in [0.717, 1.165) is 0 Å². The average Bonchev–Trinajstić information content (AvgIpc) is 2.10. The van der Waals surface area contributed by atoms with Crippen LogP contribution >= 0.6 is 27.5 Å². The van der Waals surface area contributed by atoms with E-state index in [-0.39, 0.29) is 17.5 Å². The van der Waals surface area contributed by atoms with Gasteiger partial charge in [-0.05, 0) is 15.9 Å². The van der Waals surface area contributed by atoms with Gasteiger partial charge >= 0.3 is 6.18 Å². The van der Waals surface area contributed by atoms with Crippen LogP contribution in [0.4, 0.5) is 19.0 Å². The molecule has 0 aromatic carbocycles. The lowest BCUT2D eigenvalue weighted by Crippen LogP contribution is -2.15. The molecule has 1 aromatic heterocycles. The summed E-state index contributed by atoms with van der Waals surface area (Å²) in [5, 5.41) is 2.66. The summed E-state index contributed by atoms with van der Waals surface area (Å²) in [7, 11) is 0. The van der Waals surface area contributed by atoms with Crippen LogP contribution in [0.5, 0.6) is 0 Å². The monoisotopic (exact) mass is 303 g/mol. The third-order valence-corrected chi connectivity index (χ3v) is 2.71. The van der Waals surface area contributed by atoms with Crippen LogP contribution in [0.25, 0.3) is 0 Å². The second kappa shape index (κ2) is 4.98. The Balaban J connectivity index is 2.55. The highest BCUT2D eigenvalue weighted by atomic mass is 79.9. The van der Waals surface area contributed by atoms with E-state index in [1.807, 2.05) is 0 Å². The molecular weight excluding hydrogens is 298 g/mol. The number of nitrogens with one attached hydrogen (secondary N) is 1. The Hall–Kier alpha value is -0.560. The molecule has 0 spiro atoms. The fourth-order valence-electron chi connectivity index (χ4n) is 0.794. The molecule has 84 valence electrons. The van der Waals surface area contributed by atoms with E-state index in [0.29, 0.717) is 4.47 Å². The van der Waals surface area contributed by atoms with E-state index in [2.05, 4.69) is 31.2 Å². The first kappa shape index (κ1) is 12.5. The van der Waals surface area contributed by atoms with Crippen LogP contribution in [-0.4, -0.2) is 22.7 Å². The smallest absolute Gasteiger partial charge is 0.369 e. The summed E-state index contributed by atoms with van der Waals surface area (Å²) < 4.78 is 35.8. The minimum absolute atomic E-state index is 0.152. The van der Waals surface area contributed by atoms with Crippen molar-refractivity contribution in [2.45, 2.75) is 12.6 Å². The zero-order valence-corrected chi connectivity index (χ0v) is 9.62. The normalized spacial score (nSPS) is 11.5. The lowest BCUT2D eigenvalue weighted by molar-refractivity contribution is -0.131. The highest BCUT2D eigenvalue weighted by molar-refractivity contribution is 9.10. The summed E-state index contributed by atoms with van der Waals surface area (Å²) in [6.07, 6.45) is -3.94. The molecule has 0 atom stereocenters. The van der Waals surface area contributed by atoms with Crippen molar-refractivity contribution < 1.29 is 13.2 Å². The summed E-state index contributed by atoms with van der Waals surface area (Å²) in [6.45, 7) is -0.255. The van der Waals surface area contributed by atoms with E-state index in [4.69, 9.17) is 11.6 Å². The number of anilines is 1. The van der Waals surface area contributed by atoms with Crippen molar-refractivity contribution in [3.05, 3.63) is 16.0 Å². The molecule has 0 fully saturated rings. The Labute approximate surface area is 97.2 Å². The van der Waals surface area contributed by atoms with Gasteiger partial charge in [0.25, 0.3) is 0 Å². The molecule has 0 aliphatic rings. The van der Waals surface area contributed by atoms with Gasteiger partial charge in [-0.25, -0.2) is 9.97 Å². The van der Waals surface area contributed by atoms with Gasteiger partial charge in [-0.3, -0.25) is 0 Å². The summed E-state index contributed by atoms with van der Waals surface area (Å²) in [5.74, 6) is 0.249. The van der Waals surface area contributed by atoms with Crippen molar-refractivity contribution in [3.8, 4) is 0 Å². The number of nitrogens with zero attached hydrogens (tertiary/aromatic N) is 2. The van der Waals surface area contributed by atoms with Gasteiger partial charge < -0.3 is 5.32 Å². The van der Waals surface area contributed by atoms with Crippen LogP contribution in [0.1, 0.15) is 6.42 Å². The number of alkyl halides is 3. The summed E-state index contributed by atoms with van der Waals surface area (Å²) in [5.41, 5.74) is 0. The van der Waals surface area contributed by atoms with E-state index >= 15 is 0 Å². The van der Waals surface area contributed by atoms with E-state index in [9.17, 15) is 13.2 Å². The van der Waals surface area contributed by atoms with Crippen LogP contribution in [0.2, 0.25) is 5.15 Å². The number of halogens is 5. The van der Waals surface area contributed by atoms with Gasteiger partial charge in [0.1, 0.15) is 17.3 Å². The lowest BCUT2D eigenvalue weighted by atomic mass is 10.4. The number of rotatable bonds is 3. The molecule has 0 aliphatic carbocycles. The molecule has 1 heterocycles. The van der Waals surface area contributed by atoms with Gasteiger partial charge in [-0.1, -0.05) is 11.6 Å². The van der Waals surface area contributed by atoms with Crippen molar-refractivity contribution in [2.75, 3.05) is 11.9 Å². The first-order chi connectivity index (χ1) is 6.90. The Bertz CT molecular complexity index is 345. The molecule has 0 bridgehead atoms. The minimum Gasteiger partial charge on any atom is -0.369 e. The van der Waals surface area contributed by atoms with Crippen LogP contribution in [0.3, 0.4) is 0 Å². The highest BCUT2D eigenvalue weighted by Gasteiger charge is 2.26. The number of aromatic nitrogens is 2. The van der Waals surface area contributed by atoms with Crippen molar-refractivity contribution in [3.63, 3.8) is 0 Å². The molecule has 1 N–H and O–H groups in total. The molecule has 0 saturated carbocycles. The summed E-state index contributed by atoms with van der Waals surface area (Å²) in [6, 6.07) is 0. The topological polar surface area (TPSA) is 37.8 Å². The molecule has 0 saturated heterocycles. The largest absolute Gasteiger partial charge is 0.390 e. The molecule has 15 heavy (non-hydrogen) atoms. The molecule has 0 aliphatic heterocycles. The maximum Gasteiger partial charge on any atom is 0.390 e. The van der Waals surface area contributed by atoms with E-state index < -0.39 is 12.6 Å². The van der Waals surface area contributed by atoms with Gasteiger partial charge in [-0.2, -0.15) is 13.2 Å². The summed E-state index contributed by atoms with van der Waals surface area (Å²) >= 11 is 8.68. The molecule has 3 nitrogen and oxygen atoms in total. The second-order valence-corrected chi connectivity index (χ2v) is 3.77. The zero-order chi connectivity index (χ0) is 11.5. The quantitative estimate of drug-likeness (QED) is 0.871. The molecule has 0 unspecified atom stereocenters. The second-order valence-electron chi connectivity index (χ2n) is 2.62. The molecular formula is C7H6BrClF3N3. The lowest BCUT2D eigenvalue weighted by Gasteiger charge is -2.09. The standard InChI is InChI=1S/C7H6BrClF3N3/c8-4-5(9)14-3-15-6(4)13-2-1-7(10,11)12/h3H,1-2H2,(H,13,14,15). The Kier molecular flexibility index (Phi) is 4.15. The third kappa shape index (κ3) is 4.21. The van der Waals surface area contributed by atoms with Crippen molar-refractivity contribution in [1.82, 2.24) is 9.97 Å². The van der Waals surface area contributed by atoms with Crippen molar-refractivity contribution in [1.29, 1.82) is 0 Å². The fourth-order valence-corrected chi connectivity index (χ4v) is 1.27. The number of hydrogen-bond donors (Lipinski definition) is 1. The Morgan fingerprint density at radius 2 is 2.07 bits per heavy atom. The molecule has 1 aromatic rings. The van der Waals surface area contributed by atoms with Gasteiger partial charge in [0, 0.05) is 6.54 Å². The third-order valence-electron chi connectivity index (χ3n) is 1.45. The Morgan fingerprint density at radius 1 is 1.40 bits per heavy atom. The van der Waals surface area contributed by atoms with Gasteiger partial charge in [0.15, 0.2) is 0 Å². The maximum absolute atomic E-state index is 11.8. The van der Waals surface area contributed by atoms with E-state index in [1.54, 1.807) is 0 Å². The first-order valence-electron chi connectivity index (χ1n) is 3.87. The van der Waals surface area contributed by atoms with Gasteiger partial charge in [0.2, 0.25) is 0 Å². The number of hydrogen-bond acceptors (Lipinski definition) is 3. The first-order valence-corrected chi connectivity index (χ1v) is 5.04. The van der Waals surface area contributed by atoms with Crippen molar-refractivity contribution >= 4 is 33.3 Å². The molecule has 8 heteroatoms. The molecule has 1 rings (SSSR count). The summed E-state index contributed by atoms with van der Waals surface area (Å²) in [4.78, 5) is 7.38. The molecule has 0 radical (unpaired) electrons. The van der Waals surface area contributed by atoms with Gasteiger partial charge in [-0.15, -0.1) is 0 Å². The van der Waals surface area contributed by atoms with E-state index in [1.165, 1.54) is 6.33 Å². The van der Waals surface area contributed by atoms with Crippen LogP contribution in [0, 0.1) is 0 Å². The highest BCUT2D eigenvalue weighted by Crippen LogP contribution is 2.26. The van der Waals surface area contributed by atoms with Crippen LogP contribution in [0.15, 0.2) is 10.8 Å².